The number of rotatable bonds is 9. The van der Waals surface area contributed by atoms with Gasteiger partial charge >= 0.3 is 0 Å². The summed E-state index contributed by atoms with van der Waals surface area (Å²) in [5, 5.41) is 15.0. The van der Waals surface area contributed by atoms with Crippen molar-refractivity contribution in [2.75, 3.05) is 26.7 Å². The zero-order chi connectivity index (χ0) is 21.3. The van der Waals surface area contributed by atoms with Gasteiger partial charge in [0.25, 0.3) is 0 Å². The highest BCUT2D eigenvalue weighted by molar-refractivity contribution is 5.75. The van der Waals surface area contributed by atoms with Gasteiger partial charge in [-0.25, -0.2) is 4.68 Å². The summed E-state index contributed by atoms with van der Waals surface area (Å²) in [6, 6.07) is 11.1. The van der Waals surface area contributed by atoms with E-state index in [1.165, 1.54) is 31.2 Å². The molecule has 1 aliphatic heterocycles. The molecule has 1 aliphatic rings. The largest absolute Gasteiger partial charge is 0.353 e. The molecule has 8 heteroatoms. The predicted octanol–water partition coefficient (Wildman–Crippen LogP) is 2.25. The van der Waals surface area contributed by atoms with Crippen molar-refractivity contribution in [2.45, 2.75) is 64.7 Å². The molecule has 8 nitrogen and oxygen atoms in total. The van der Waals surface area contributed by atoms with Crippen LogP contribution < -0.4 is 5.32 Å². The second-order valence-corrected chi connectivity index (χ2v) is 8.44. The van der Waals surface area contributed by atoms with Gasteiger partial charge in [-0.3, -0.25) is 14.6 Å². The molecule has 3 rings (SSSR count). The monoisotopic (exact) mass is 413 g/mol. The van der Waals surface area contributed by atoms with Crippen LogP contribution in [-0.4, -0.2) is 68.6 Å². The summed E-state index contributed by atoms with van der Waals surface area (Å²) in [7, 11) is 2.02. The molecule has 1 amide bonds. The molecule has 30 heavy (non-hydrogen) atoms. The quantitative estimate of drug-likeness (QED) is 0.679. The molecule has 1 N–H and O–H groups in total. The van der Waals surface area contributed by atoms with E-state index in [0.717, 1.165) is 13.1 Å². The maximum absolute atomic E-state index is 12.7. The zero-order valence-electron chi connectivity index (χ0n) is 18.5. The Morgan fingerprint density at radius 1 is 1.13 bits per heavy atom. The molecule has 2 heterocycles. The first-order valence-corrected chi connectivity index (χ1v) is 11.1. The van der Waals surface area contributed by atoms with Gasteiger partial charge in [0.15, 0.2) is 5.82 Å². The lowest BCUT2D eigenvalue weighted by Crippen LogP contribution is -2.40. The highest BCUT2D eigenvalue weighted by Gasteiger charge is 2.22. The van der Waals surface area contributed by atoms with Crippen molar-refractivity contribution >= 4 is 5.91 Å². The number of tetrazole rings is 1. The number of carbonyl (C=O) groups is 1. The van der Waals surface area contributed by atoms with Crippen LogP contribution in [0.3, 0.4) is 0 Å². The molecular formula is C22H35N7O. The molecule has 1 fully saturated rings. The zero-order valence-corrected chi connectivity index (χ0v) is 18.5. The van der Waals surface area contributed by atoms with Gasteiger partial charge in [0.05, 0.1) is 12.6 Å². The smallest absolute Gasteiger partial charge is 0.241 e. The number of carbonyl (C=O) groups excluding carboxylic acids is 1. The van der Waals surface area contributed by atoms with Crippen molar-refractivity contribution in [3.8, 4) is 0 Å². The van der Waals surface area contributed by atoms with E-state index in [0.29, 0.717) is 25.0 Å². The highest BCUT2D eigenvalue weighted by atomic mass is 16.2. The van der Waals surface area contributed by atoms with Crippen LogP contribution in [0.2, 0.25) is 0 Å². The van der Waals surface area contributed by atoms with Crippen molar-refractivity contribution in [1.82, 2.24) is 35.3 Å². The van der Waals surface area contributed by atoms with Crippen LogP contribution in [0.15, 0.2) is 30.3 Å². The second-order valence-electron chi connectivity index (χ2n) is 8.44. The van der Waals surface area contributed by atoms with Gasteiger partial charge in [-0.15, -0.1) is 5.10 Å². The van der Waals surface area contributed by atoms with Crippen LogP contribution >= 0.6 is 0 Å². The number of amides is 1. The Balaban J connectivity index is 1.62. The lowest BCUT2D eigenvalue weighted by Gasteiger charge is -2.31. The van der Waals surface area contributed by atoms with E-state index in [9.17, 15) is 4.79 Å². The van der Waals surface area contributed by atoms with Crippen LogP contribution in [0.1, 0.15) is 57.0 Å². The van der Waals surface area contributed by atoms with E-state index in [1.807, 2.05) is 13.1 Å². The predicted molar refractivity (Wildman–Crippen MR) is 117 cm³/mol. The van der Waals surface area contributed by atoms with Gasteiger partial charge in [0, 0.05) is 12.6 Å². The summed E-state index contributed by atoms with van der Waals surface area (Å²) in [5.74, 6) is 0.639. The lowest BCUT2D eigenvalue weighted by atomic mass is 10.0. The van der Waals surface area contributed by atoms with Crippen molar-refractivity contribution in [2.24, 2.45) is 0 Å². The standard InChI is InChI=1S/C22H35N7O/c1-18(2)27(3)16-21-24-25-26-29(21)17-22(30)23-15-20(19-11-7-6-8-12-19)28-13-9-4-5-10-14-28/h6-8,11-12,18,20H,4-5,9-10,13-17H2,1-3H3,(H,23,30)/t20-/m0/s1. The first kappa shape index (κ1) is 22.4. The number of hydrogen-bond acceptors (Lipinski definition) is 6. The summed E-state index contributed by atoms with van der Waals surface area (Å²) in [6.07, 6.45) is 5.01. The molecule has 164 valence electrons. The molecule has 1 aromatic heterocycles. The summed E-state index contributed by atoms with van der Waals surface area (Å²) < 4.78 is 1.59. The van der Waals surface area contributed by atoms with Gasteiger partial charge in [0.2, 0.25) is 5.91 Å². The van der Waals surface area contributed by atoms with Crippen molar-refractivity contribution < 1.29 is 4.79 Å². The van der Waals surface area contributed by atoms with E-state index in [1.54, 1.807) is 4.68 Å². The number of nitrogens with one attached hydrogen (secondary N) is 1. The van der Waals surface area contributed by atoms with Crippen molar-refractivity contribution in [1.29, 1.82) is 0 Å². The van der Waals surface area contributed by atoms with E-state index < -0.39 is 0 Å². The fraction of sp³-hybridized carbons (Fsp3) is 0.636. The van der Waals surface area contributed by atoms with E-state index in [-0.39, 0.29) is 18.5 Å². The van der Waals surface area contributed by atoms with E-state index >= 15 is 0 Å². The molecule has 2 aromatic rings. The first-order valence-electron chi connectivity index (χ1n) is 11.1. The van der Waals surface area contributed by atoms with Crippen LogP contribution in [0.25, 0.3) is 0 Å². The topological polar surface area (TPSA) is 79.2 Å². The summed E-state index contributed by atoms with van der Waals surface area (Å²) in [6.45, 7) is 7.73. The lowest BCUT2D eigenvalue weighted by molar-refractivity contribution is -0.122. The normalized spacial score (nSPS) is 16.6. The summed E-state index contributed by atoms with van der Waals surface area (Å²) in [5.41, 5.74) is 1.25. The Bertz CT molecular complexity index is 769. The number of benzene rings is 1. The third-order valence-electron chi connectivity index (χ3n) is 5.93. The minimum absolute atomic E-state index is 0.0634. The molecule has 0 spiro atoms. The minimum atomic E-state index is -0.0634. The first-order chi connectivity index (χ1) is 14.5. The average Bonchev–Trinajstić information content (AvgIpc) is 2.99. The molecule has 0 aliphatic carbocycles. The van der Waals surface area contributed by atoms with Gasteiger partial charge < -0.3 is 5.32 Å². The third kappa shape index (κ3) is 6.34. The van der Waals surface area contributed by atoms with Crippen LogP contribution in [-0.2, 0) is 17.9 Å². The van der Waals surface area contributed by atoms with Gasteiger partial charge in [-0.1, -0.05) is 43.2 Å². The Morgan fingerprint density at radius 2 is 1.83 bits per heavy atom. The summed E-state index contributed by atoms with van der Waals surface area (Å²) in [4.78, 5) is 17.4. The maximum atomic E-state index is 12.7. The fourth-order valence-electron chi connectivity index (χ4n) is 3.81. The highest BCUT2D eigenvalue weighted by Crippen LogP contribution is 2.23. The Kier molecular flexibility index (Phi) is 8.33. The molecule has 0 bridgehead atoms. The fourth-order valence-corrected chi connectivity index (χ4v) is 3.81. The van der Waals surface area contributed by atoms with Crippen molar-refractivity contribution in [3.05, 3.63) is 41.7 Å². The van der Waals surface area contributed by atoms with Crippen LogP contribution in [0.5, 0.6) is 0 Å². The summed E-state index contributed by atoms with van der Waals surface area (Å²) >= 11 is 0. The van der Waals surface area contributed by atoms with E-state index in [4.69, 9.17) is 0 Å². The molecule has 1 atom stereocenters. The minimum Gasteiger partial charge on any atom is -0.353 e. The SMILES string of the molecule is CC(C)N(C)Cc1nnnn1CC(=O)NC[C@@H](c1ccccc1)N1CCCCCC1. The van der Waals surface area contributed by atoms with E-state index in [2.05, 4.69) is 68.8 Å². The van der Waals surface area contributed by atoms with Gasteiger partial charge in [0.1, 0.15) is 6.54 Å². The van der Waals surface area contributed by atoms with Crippen LogP contribution in [0.4, 0.5) is 0 Å². The van der Waals surface area contributed by atoms with Crippen molar-refractivity contribution in [3.63, 3.8) is 0 Å². The average molecular weight is 414 g/mol. The molecule has 1 aromatic carbocycles. The molecule has 0 unspecified atom stereocenters. The molecule has 0 saturated carbocycles. The molecular weight excluding hydrogens is 378 g/mol. The third-order valence-corrected chi connectivity index (χ3v) is 5.93. The molecule has 0 radical (unpaired) electrons. The Hall–Kier alpha value is -2.32. The molecule has 1 saturated heterocycles. The Labute approximate surface area is 179 Å². The number of aromatic nitrogens is 4. The maximum Gasteiger partial charge on any atom is 0.241 e. The van der Waals surface area contributed by atoms with Gasteiger partial charge in [-0.05, 0) is 62.8 Å². The number of likely N-dealkylation sites (tertiary alicyclic amines) is 1. The van der Waals surface area contributed by atoms with Gasteiger partial charge in [-0.2, -0.15) is 0 Å². The second kappa shape index (κ2) is 11.2. The van der Waals surface area contributed by atoms with Crippen LogP contribution in [0, 0.1) is 0 Å². The number of hydrogen-bond donors (Lipinski definition) is 1. The Morgan fingerprint density at radius 3 is 2.50 bits per heavy atom. The number of nitrogens with zero attached hydrogens (tertiary/aromatic N) is 6.